The number of aliphatic hydroxyl groups is 1. The average molecular weight is 1420 g/mol. The maximum atomic E-state index is 13.1. The summed E-state index contributed by atoms with van der Waals surface area (Å²) in [5, 5.41) is 10.6. The van der Waals surface area contributed by atoms with Crippen molar-refractivity contribution in [1.82, 2.24) is 0 Å². The molecule has 0 saturated heterocycles. The van der Waals surface area contributed by atoms with E-state index in [9.17, 15) is 43.2 Å². The van der Waals surface area contributed by atoms with Crippen molar-refractivity contribution >= 4 is 39.5 Å². The topological polar surface area (TPSA) is 237 Å². The minimum Gasteiger partial charge on any atom is -0.462 e. The molecule has 0 aliphatic carbocycles. The second-order valence-corrected chi connectivity index (χ2v) is 32.2. The number of carbonyl (C=O) groups is 4. The van der Waals surface area contributed by atoms with E-state index in [2.05, 4.69) is 48.5 Å². The first-order valence-electron chi connectivity index (χ1n) is 40.4. The SMILES string of the molecule is CCCCCCCCCCCC(=O)OC[C@H](COP(=O)(O)OC[C@H](O)COP(=O)(O)OC[C@@H](COC(=O)CCCCCCCCCCCCCCCCCCC(C)C)OC(=O)CCCCCCCCCCCCCCCCCCC(C)C)OC(=O)CCCCCCCCC(C)CC. The normalized spacial score (nSPS) is 14.3. The standard InChI is InChI=1S/C78H152O17P2/c1-8-10-11-12-13-30-37-45-52-59-75(80)88-66-74(95-78(83)62-55-48-41-40-44-51-58-71(7)9-2)68-93-97(86,87)91-64-72(79)63-90-96(84,85)92-67-73(94-77(82)61-54-47-39-34-29-25-21-17-15-19-23-27-32-36-43-50-57-70(5)6)65-89-76(81)60-53-46-38-33-28-24-20-16-14-18-22-26-31-35-42-49-56-69(3)4/h69-74,79H,8-68H2,1-7H3,(H,84,85)(H,86,87)/t71?,72-,73-,74-/m1/s1. The monoisotopic (exact) mass is 1420 g/mol. The number of hydrogen-bond donors (Lipinski definition) is 3. The maximum absolute atomic E-state index is 13.1. The van der Waals surface area contributed by atoms with Crippen LogP contribution in [0.4, 0.5) is 0 Å². The number of phosphoric acid groups is 2. The number of aliphatic hydroxyl groups excluding tert-OH is 1. The fourth-order valence-corrected chi connectivity index (χ4v) is 13.5. The van der Waals surface area contributed by atoms with Gasteiger partial charge in [-0.25, -0.2) is 9.13 Å². The molecule has 0 heterocycles. The van der Waals surface area contributed by atoms with Crippen molar-refractivity contribution < 1.29 is 80.2 Å². The van der Waals surface area contributed by atoms with Gasteiger partial charge < -0.3 is 33.8 Å². The van der Waals surface area contributed by atoms with Crippen molar-refractivity contribution in [3.63, 3.8) is 0 Å². The molecule has 17 nitrogen and oxygen atoms in total. The van der Waals surface area contributed by atoms with Gasteiger partial charge in [0.2, 0.25) is 0 Å². The van der Waals surface area contributed by atoms with E-state index in [1.807, 2.05) is 0 Å². The highest BCUT2D eigenvalue weighted by Crippen LogP contribution is 2.45. The van der Waals surface area contributed by atoms with E-state index in [4.69, 9.17) is 37.0 Å². The molecule has 0 aromatic carbocycles. The van der Waals surface area contributed by atoms with Crippen LogP contribution in [0.1, 0.15) is 402 Å². The smallest absolute Gasteiger partial charge is 0.462 e. The van der Waals surface area contributed by atoms with Crippen LogP contribution in [0.3, 0.4) is 0 Å². The second-order valence-electron chi connectivity index (χ2n) is 29.3. The number of unbranched alkanes of at least 4 members (excludes halogenated alkanes) is 43. The Morgan fingerprint density at radius 3 is 0.784 bits per heavy atom. The van der Waals surface area contributed by atoms with Crippen LogP contribution in [0.5, 0.6) is 0 Å². The van der Waals surface area contributed by atoms with E-state index in [-0.39, 0.29) is 25.7 Å². The molecule has 0 spiro atoms. The Balaban J connectivity index is 5.20. The molecule has 19 heteroatoms. The van der Waals surface area contributed by atoms with Crippen LogP contribution in [-0.2, 0) is 65.4 Å². The van der Waals surface area contributed by atoms with E-state index in [1.54, 1.807) is 0 Å². The molecular formula is C78H152O17P2. The maximum Gasteiger partial charge on any atom is 0.472 e. The molecule has 576 valence electrons. The van der Waals surface area contributed by atoms with Gasteiger partial charge in [-0.2, -0.15) is 0 Å². The number of phosphoric ester groups is 2. The Kier molecular flexibility index (Phi) is 67.1. The summed E-state index contributed by atoms with van der Waals surface area (Å²) >= 11 is 0. The first kappa shape index (κ1) is 95.1. The fourth-order valence-electron chi connectivity index (χ4n) is 11.9. The lowest BCUT2D eigenvalue weighted by atomic mass is 10.00. The van der Waals surface area contributed by atoms with Gasteiger partial charge in [-0.15, -0.1) is 0 Å². The molecule has 3 unspecified atom stereocenters. The Bertz CT molecular complexity index is 1890. The first-order valence-corrected chi connectivity index (χ1v) is 43.4. The zero-order chi connectivity index (χ0) is 71.6. The van der Waals surface area contributed by atoms with Gasteiger partial charge in [-0.3, -0.25) is 37.3 Å². The first-order chi connectivity index (χ1) is 46.8. The van der Waals surface area contributed by atoms with Gasteiger partial charge in [0.15, 0.2) is 12.2 Å². The molecule has 0 aromatic heterocycles. The molecule has 0 aliphatic heterocycles. The number of hydrogen-bond acceptors (Lipinski definition) is 15. The number of esters is 4. The highest BCUT2D eigenvalue weighted by molar-refractivity contribution is 7.47. The summed E-state index contributed by atoms with van der Waals surface area (Å²) in [6.07, 6.45) is 55.7. The molecule has 0 aliphatic rings. The van der Waals surface area contributed by atoms with E-state index >= 15 is 0 Å². The molecule has 0 fully saturated rings. The zero-order valence-electron chi connectivity index (χ0n) is 63.5. The van der Waals surface area contributed by atoms with E-state index in [0.717, 1.165) is 108 Å². The molecule has 0 radical (unpaired) electrons. The fraction of sp³-hybridized carbons (Fsp3) is 0.949. The number of ether oxygens (including phenoxy) is 4. The van der Waals surface area contributed by atoms with Crippen molar-refractivity contribution in [2.45, 2.75) is 420 Å². The van der Waals surface area contributed by atoms with Crippen LogP contribution < -0.4 is 0 Å². The lowest BCUT2D eigenvalue weighted by Crippen LogP contribution is -2.30. The van der Waals surface area contributed by atoms with Gasteiger partial charge in [-0.1, -0.05) is 350 Å². The van der Waals surface area contributed by atoms with Crippen LogP contribution in [0.15, 0.2) is 0 Å². The van der Waals surface area contributed by atoms with E-state index in [0.29, 0.717) is 25.7 Å². The Morgan fingerprint density at radius 1 is 0.299 bits per heavy atom. The predicted octanol–water partition coefficient (Wildman–Crippen LogP) is 23.0. The van der Waals surface area contributed by atoms with Gasteiger partial charge >= 0.3 is 39.5 Å². The molecule has 0 amide bonds. The van der Waals surface area contributed by atoms with Crippen LogP contribution in [0.2, 0.25) is 0 Å². The number of rotatable bonds is 76. The Labute approximate surface area is 594 Å². The predicted molar refractivity (Wildman–Crippen MR) is 395 cm³/mol. The quantitative estimate of drug-likeness (QED) is 0.0222. The summed E-state index contributed by atoms with van der Waals surface area (Å²) in [6.45, 7) is 11.9. The minimum absolute atomic E-state index is 0.103. The zero-order valence-corrected chi connectivity index (χ0v) is 65.3. The highest BCUT2D eigenvalue weighted by atomic mass is 31.2. The van der Waals surface area contributed by atoms with E-state index < -0.39 is 97.5 Å². The third-order valence-corrected chi connectivity index (χ3v) is 20.4. The van der Waals surface area contributed by atoms with E-state index in [1.165, 1.54) is 212 Å². The largest absolute Gasteiger partial charge is 0.472 e. The molecule has 3 N–H and O–H groups in total. The van der Waals surface area contributed by atoms with Crippen LogP contribution in [0.25, 0.3) is 0 Å². The van der Waals surface area contributed by atoms with Gasteiger partial charge in [-0.05, 0) is 43.4 Å². The summed E-state index contributed by atoms with van der Waals surface area (Å²) in [4.78, 5) is 72.8. The average Bonchev–Trinajstić information content (AvgIpc) is 1.59. The Morgan fingerprint density at radius 2 is 0.526 bits per heavy atom. The molecule has 0 aromatic rings. The summed E-state index contributed by atoms with van der Waals surface area (Å²) in [5.74, 6) is 0.223. The second kappa shape index (κ2) is 68.5. The molecule has 0 saturated carbocycles. The number of carbonyl (C=O) groups excluding carboxylic acids is 4. The summed E-state index contributed by atoms with van der Waals surface area (Å²) in [5.41, 5.74) is 0. The summed E-state index contributed by atoms with van der Waals surface area (Å²) in [6, 6.07) is 0. The molecule has 0 rings (SSSR count). The van der Waals surface area contributed by atoms with Gasteiger partial charge in [0, 0.05) is 25.7 Å². The van der Waals surface area contributed by atoms with Crippen molar-refractivity contribution in [3.8, 4) is 0 Å². The third kappa shape index (κ3) is 70.9. The van der Waals surface area contributed by atoms with Crippen molar-refractivity contribution in [1.29, 1.82) is 0 Å². The van der Waals surface area contributed by atoms with Crippen molar-refractivity contribution in [3.05, 3.63) is 0 Å². The van der Waals surface area contributed by atoms with Crippen LogP contribution >= 0.6 is 15.6 Å². The van der Waals surface area contributed by atoms with Crippen molar-refractivity contribution in [2.24, 2.45) is 17.8 Å². The lowest BCUT2D eigenvalue weighted by Gasteiger charge is -2.21. The van der Waals surface area contributed by atoms with Gasteiger partial charge in [0.25, 0.3) is 0 Å². The molecule has 6 atom stereocenters. The minimum atomic E-state index is -4.96. The lowest BCUT2D eigenvalue weighted by molar-refractivity contribution is -0.161. The summed E-state index contributed by atoms with van der Waals surface area (Å²) < 4.78 is 68.5. The summed E-state index contributed by atoms with van der Waals surface area (Å²) in [7, 11) is -9.91. The van der Waals surface area contributed by atoms with Gasteiger partial charge in [0.05, 0.1) is 26.4 Å². The molecular weight excluding hydrogens is 1270 g/mol. The van der Waals surface area contributed by atoms with Crippen molar-refractivity contribution in [2.75, 3.05) is 39.6 Å². The van der Waals surface area contributed by atoms with Crippen LogP contribution in [-0.4, -0.2) is 96.7 Å². The molecule has 97 heavy (non-hydrogen) atoms. The molecule has 0 bridgehead atoms. The Hall–Kier alpha value is -1.94. The highest BCUT2D eigenvalue weighted by Gasteiger charge is 2.30. The van der Waals surface area contributed by atoms with Gasteiger partial charge in [0.1, 0.15) is 19.3 Å². The van der Waals surface area contributed by atoms with Crippen LogP contribution in [0, 0.1) is 17.8 Å². The third-order valence-electron chi connectivity index (χ3n) is 18.5.